The molecule has 2 rings (SSSR count). The molecule has 0 spiro atoms. The maximum absolute atomic E-state index is 12.2. The molecule has 19 heavy (non-hydrogen) atoms. The van der Waals surface area contributed by atoms with Gasteiger partial charge in [0.15, 0.2) is 0 Å². The molecule has 0 radical (unpaired) electrons. The lowest BCUT2D eigenvalue weighted by Crippen LogP contribution is -2.54. The van der Waals surface area contributed by atoms with Crippen LogP contribution in [-0.4, -0.2) is 24.0 Å². The van der Waals surface area contributed by atoms with E-state index in [0.29, 0.717) is 12.1 Å². The van der Waals surface area contributed by atoms with Crippen molar-refractivity contribution in [3.8, 4) is 0 Å². The summed E-state index contributed by atoms with van der Waals surface area (Å²) in [5, 5.41) is 6.63. The Morgan fingerprint density at radius 1 is 1.26 bits per heavy atom. The van der Waals surface area contributed by atoms with Gasteiger partial charge >= 0.3 is 0 Å². The fraction of sp³-hybridized carbons (Fsp3) is 0.562. The smallest absolute Gasteiger partial charge is 0.251 e. The summed E-state index contributed by atoms with van der Waals surface area (Å²) in [6, 6.07) is 9.00. The number of hydrogen-bond acceptors (Lipinski definition) is 2. The van der Waals surface area contributed by atoms with Crippen molar-refractivity contribution in [1.29, 1.82) is 0 Å². The third kappa shape index (κ3) is 3.57. The van der Waals surface area contributed by atoms with Crippen LogP contribution in [0.25, 0.3) is 0 Å². The molecule has 1 aliphatic heterocycles. The first-order chi connectivity index (χ1) is 9.10. The highest BCUT2D eigenvalue weighted by molar-refractivity contribution is 5.94. The average Bonchev–Trinajstić information content (AvgIpc) is 2.42. The monoisotopic (exact) mass is 260 g/mol. The van der Waals surface area contributed by atoms with Crippen LogP contribution in [0.1, 0.15) is 49.5 Å². The Morgan fingerprint density at radius 3 is 2.53 bits per heavy atom. The summed E-state index contributed by atoms with van der Waals surface area (Å²) >= 11 is 0. The Hall–Kier alpha value is -1.35. The van der Waals surface area contributed by atoms with Gasteiger partial charge in [-0.3, -0.25) is 4.79 Å². The second-order valence-corrected chi connectivity index (χ2v) is 5.56. The van der Waals surface area contributed by atoms with E-state index in [1.54, 1.807) is 0 Å². The number of nitrogens with one attached hydrogen (secondary N) is 2. The highest BCUT2D eigenvalue weighted by Gasteiger charge is 2.25. The Kier molecular flexibility index (Phi) is 4.59. The Balaban J connectivity index is 1.96. The van der Waals surface area contributed by atoms with Crippen molar-refractivity contribution in [1.82, 2.24) is 10.6 Å². The third-order valence-electron chi connectivity index (χ3n) is 4.00. The lowest BCUT2D eigenvalue weighted by Gasteiger charge is -2.34. The van der Waals surface area contributed by atoms with Gasteiger partial charge in [0.25, 0.3) is 5.91 Å². The third-order valence-corrected chi connectivity index (χ3v) is 4.00. The molecule has 1 amide bonds. The molecule has 1 aromatic rings. The molecule has 0 aromatic heterocycles. The van der Waals surface area contributed by atoms with Crippen LogP contribution in [0.4, 0.5) is 0 Å². The molecular formula is C16H24N2O. The van der Waals surface area contributed by atoms with Gasteiger partial charge in [-0.15, -0.1) is 0 Å². The highest BCUT2D eigenvalue weighted by atomic mass is 16.1. The van der Waals surface area contributed by atoms with Crippen LogP contribution >= 0.6 is 0 Å². The van der Waals surface area contributed by atoms with E-state index in [4.69, 9.17) is 0 Å². The van der Waals surface area contributed by atoms with E-state index in [1.807, 2.05) is 24.3 Å². The zero-order valence-corrected chi connectivity index (χ0v) is 12.1. The molecule has 0 aliphatic carbocycles. The number of rotatable bonds is 3. The van der Waals surface area contributed by atoms with E-state index in [9.17, 15) is 4.79 Å². The number of benzene rings is 1. The number of aryl methyl sites for hydroxylation is 1. The van der Waals surface area contributed by atoms with E-state index in [2.05, 4.69) is 31.4 Å². The molecule has 1 aromatic carbocycles. The summed E-state index contributed by atoms with van der Waals surface area (Å²) in [4.78, 5) is 12.2. The van der Waals surface area contributed by atoms with Crippen molar-refractivity contribution in [2.75, 3.05) is 0 Å². The summed E-state index contributed by atoms with van der Waals surface area (Å²) in [7, 11) is 0. The van der Waals surface area contributed by atoms with E-state index >= 15 is 0 Å². The lowest BCUT2D eigenvalue weighted by atomic mass is 9.95. The summed E-state index contributed by atoms with van der Waals surface area (Å²) < 4.78 is 0. The maximum Gasteiger partial charge on any atom is 0.251 e. The van der Waals surface area contributed by atoms with Crippen LogP contribution in [0, 0.1) is 0 Å². The molecule has 1 aliphatic rings. The first-order valence-electron chi connectivity index (χ1n) is 7.26. The number of piperidine rings is 1. The molecule has 3 unspecified atom stereocenters. The second-order valence-electron chi connectivity index (χ2n) is 5.56. The van der Waals surface area contributed by atoms with E-state index in [0.717, 1.165) is 24.8 Å². The summed E-state index contributed by atoms with van der Waals surface area (Å²) in [6.45, 7) is 6.45. The van der Waals surface area contributed by atoms with E-state index in [1.165, 1.54) is 5.56 Å². The molecule has 3 atom stereocenters. The number of hydrogen-bond donors (Lipinski definition) is 2. The summed E-state index contributed by atoms with van der Waals surface area (Å²) in [5.74, 6) is 0.0378. The van der Waals surface area contributed by atoms with Crippen LogP contribution < -0.4 is 10.6 Å². The standard InChI is InChI=1S/C16H24N2O/c1-4-13-6-8-14(9-7-13)16(19)18-15-10-5-11(2)17-12(15)3/h6-9,11-12,15,17H,4-5,10H2,1-3H3,(H,18,19). The van der Waals surface area contributed by atoms with Gasteiger partial charge in [0.05, 0.1) is 0 Å². The minimum Gasteiger partial charge on any atom is -0.348 e. The van der Waals surface area contributed by atoms with Gasteiger partial charge in [0.2, 0.25) is 0 Å². The minimum absolute atomic E-state index is 0.0378. The van der Waals surface area contributed by atoms with Gasteiger partial charge in [0, 0.05) is 23.7 Å². The number of carbonyl (C=O) groups is 1. The minimum atomic E-state index is 0.0378. The van der Waals surface area contributed by atoms with E-state index < -0.39 is 0 Å². The number of carbonyl (C=O) groups excluding carboxylic acids is 1. The quantitative estimate of drug-likeness (QED) is 0.876. The summed E-state index contributed by atoms with van der Waals surface area (Å²) in [6.07, 6.45) is 3.17. The topological polar surface area (TPSA) is 41.1 Å². The fourth-order valence-corrected chi connectivity index (χ4v) is 2.67. The number of amides is 1. The molecule has 0 bridgehead atoms. The largest absolute Gasteiger partial charge is 0.348 e. The van der Waals surface area contributed by atoms with Crippen molar-refractivity contribution >= 4 is 5.91 Å². The molecule has 1 heterocycles. The van der Waals surface area contributed by atoms with Gasteiger partial charge in [-0.2, -0.15) is 0 Å². The normalized spacial score (nSPS) is 27.0. The van der Waals surface area contributed by atoms with Gasteiger partial charge in [0.1, 0.15) is 0 Å². The molecule has 3 heteroatoms. The molecule has 104 valence electrons. The molecule has 2 N–H and O–H groups in total. The van der Waals surface area contributed by atoms with Crippen molar-refractivity contribution in [3.63, 3.8) is 0 Å². The van der Waals surface area contributed by atoms with Crippen molar-refractivity contribution < 1.29 is 4.79 Å². The van der Waals surface area contributed by atoms with Crippen molar-refractivity contribution in [2.45, 2.75) is 58.2 Å². The van der Waals surface area contributed by atoms with Gasteiger partial charge in [-0.1, -0.05) is 19.1 Å². The highest BCUT2D eigenvalue weighted by Crippen LogP contribution is 2.14. The van der Waals surface area contributed by atoms with Gasteiger partial charge < -0.3 is 10.6 Å². The Morgan fingerprint density at radius 2 is 1.95 bits per heavy atom. The van der Waals surface area contributed by atoms with Crippen molar-refractivity contribution in [3.05, 3.63) is 35.4 Å². The van der Waals surface area contributed by atoms with Crippen LogP contribution in [0.5, 0.6) is 0 Å². The van der Waals surface area contributed by atoms with Crippen LogP contribution in [-0.2, 0) is 6.42 Å². The molecule has 0 saturated carbocycles. The maximum atomic E-state index is 12.2. The molecule has 1 saturated heterocycles. The predicted octanol–water partition coefficient (Wildman–Crippen LogP) is 2.51. The molecular weight excluding hydrogens is 236 g/mol. The summed E-state index contributed by atoms with van der Waals surface area (Å²) in [5.41, 5.74) is 2.01. The predicted molar refractivity (Wildman–Crippen MR) is 78.4 cm³/mol. The first kappa shape index (κ1) is 14.1. The van der Waals surface area contributed by atoms with Gasteiger partial charge in [-0.05, 0) is 50.8 Å². The SMILES string of the molecule is CCc1ccc(C(=O)NC2CCC(C)NC2C)cc1. The van der Waals surface area contributed by atoms with Gasteiger partial charge in [-0.25, -0.2) is 0 Å². The van der Waals surface area contributed by atoms with Crippen LogP contribution in [0.3, 0.4) is 0 Å². The van der Waals surface area contributed by atoms with Crippen molar-refractivity contribution in [2.24, 2.45) is 0 Å². The van der Waals surface area contributed by atoms with Crippen LogP contribution in [0.15, 0.2) is 24.3 Å². The first-order valence-corrected chi connectivity index (χ1v) is 7.26. The molecule has 1 fully saturated rings. The molecule has 3 nitrogen and oxygen atoms in total. The Labute approximate surface area is 115 Å². The second kappa shape index (κ2) is 6.20. The zero-order chi connectivity index (χ0) is 13.8. The lowest BCUT2D eigenvalue weighted by molar-refractivity contribution is 0.0914. The van der Waals surface area contributed by atoms with Crippen LogP contribution in [0.2, 0.25) is 0 Å². The fourth-order valence-electron chi connectivity index (χ4n) is 2.67. The van der Waals surface area contributed by atoms with E-state index in [-0.39, 0.29) is 11.9 Å². The Bertz CT molecular complexity index is 427. The zero-order valence-electron chi connectivity index (χ0n) is 12.1. The average molecular weight is 260 g/mol.